The number of hydrogen-bond acceptors (Lipinski definition) is 9. The van der Waals surface area contributed by atoms with Gasteiger partial charge in [-0.2, -0.15) is 5.26 Å². The lowest BCUT2D eigenvalue weighted by atomic mass is 10.5. The summed E-state index contributed by atoms with van der Waals surface area (Å²) in [6.45, 7) is 0. The van der Waals surface area contributed by atoms with Crippen molar-refractivity contribution in [3.05, 3.63) is 16.1 Å². The molecule has 0 amide bonds. The Kier molecular flexibility index (Phi) is 2.44. The van der Waals surface area contributed by atoms with Gasteiger partial charge in [0.1, 0.15) is 6.07 Å². The first kappa shape index (κ1) is 9.99. The minimum absolute atomic E-state index is 0.0147. The summed E-state index contributed by atoms with van der Waals surface area (Å²) >= 11 is 5.45. The third kappa shape index (κ3) is 1.66. The van der Waals surface area contributed by atoms with E-state index in [-0.39, 0.29) is 27.3 Å². The fourth-order valence-electron chi connectivity index (χ4n) is 0.741. The number of nitriles is 1. The van der Waals surface area contributed by atoms with Gasteiger partial charge in [-0.05, 0) is 27.1 Å². The first-order valence-electron chi connectivity index (χ1n) is 3.62. The molecule has 0 atom stereocenters. The first-order chi connectivity index (χ1) is 7.72. The van der Waals surface area contributed by atoms with Crippen molar-refractivity contribution in [2.45, 2.75) is 0 Å². The van der Waals surface area contributed by atoms with Crippen LogP contribution in [0.1, 0.15) is 5.69 Å². The van der Waals surface area contributed by atoms with E-state index in [1.807, 2.05) is 0 Å². The molecule has 0 saturated carbocycles. The molecule has 2 heterocycles. The highest BCUT2D eigenvalue weighted by Crippen LogP contribution is 2.21. The van der Waals surface area contributed by atoms with Gasteiger partial charge in [-0.25, -0.2) is 4.63 Å². The van der Waals surface area contributed by atoms with Gasteiger partial charge in [0.25, 0.3) is 11.0 Å². The molecule has 0 spiro atoms. The van der Waals surface area contributed by atoms with E-state index in [4.69, 9.17) is 16.9 Å². The highest BCUT2D eigenvalue weighted by molar-refractivity contribution is 6.31. The predicted molar refractivity (Wildman–Crippen MR) is 43.7 cm³/mol. The molecule has 80 valence electrons. The van der Waals surface area contributed by atoms with E-state index in [2.05, 4.69) is 35.0 Å². The topological polar surface area (TPSA) is 140 Å². The number of halogens is 1. The van der Waals surface area contributed by atoms with Crippen LogP contribution in [0.2, 0.25) is 5.15 Å². The minimum atomic E-state index is -0.367. The van der Waals surface area contributed by atoms with Crippen LogP contribution in [0, 0.1) is 16.5 Å². The van der Waals surface area contributed by atoms with E-state index in [1.165, 1.54) is 0 Å². The van der Waals surface area contributed by atoms with Gasteiger partial charge >= 0.3 is 5.82 Å². The molecular weight excluding hydrogens is 242 g/mol. The van der Waals surface area contributed by atoms with Crippen molar-refractivity contribution in [2.24, 2.45) is 5.11 Å². The van der Waals surface area contributed by atoms with Crippen LogP contribution < -0.4 is 0 Å². The zero-order chi connectivity index (χ0) is 11.5. The zero-order valence-corrected chi connectivity index (χ0v) is 7.99. The molecule has 16 heavy (non-hydrogen) atoms. The molecule has 0 unspecified atom stereocenters. The standard InChI is InChI=1S/C5ClN7O3/c6-3-5(12-16-10-3)13(14)8-4-2(1-7)9-15-11-4. The van der Waals surface area contributed by atoms with Crippen molar-refractivity contribution < 1.29 is 14.1 Å². The summed E-state index contributed by atoms with van der Waals surface area (Å²) in [5.74, 6) is -0.662. The van der Waals surface area contributed by atoms with Gasteiger partial charge in [0.15, 0.2) is 5.16 Å². The molecule has 0 aliphatic carbocycles. The molecule has 11 heteroatoms. The Labute approximate surface area is 91.2 Å². The highest BCUT2D eigenvalue weighted by Gasteiger charge is 2.20. The molecule has 0 N–H and O–H groups in total. The van der Waals surface area contributed by atoms with Gasteiger partial charge in [0, 0.05) is 0 Å². The van der Waals surface area contributed by atoms with Gasteiger partial charge in [0.05, 0.1) is 0 Å². The van der Waals surface area contributed by atoms with E-state index in [1.54, 1.807) is 6.07 Å². The van der Waals surface area contributed by atoms with Crippen LogP contribution in [0.4, 0.5) is 11.6 Å². The van der Waals surface area contributed by atoms with Crippen molar-refractivity contribution in [3.63, 3.8) is 0 Å². The third-order valence-electron chi connectivity index (χ3n) is 1.38. The lowest BCUT2D eigenvalue weighted by molar-refractivity contribution is -0.441. The molecule has 0 radical (unpaired) electrons. The number of aromatic nitrogens is 4. The smallest absolute Gasteiger partial charge is 0.437 e. The second kappa shape index (κ2) is 3.91. The molecule has 2 rings (SSSR count). The first-order valence-corrected chi connectivity index (χ1v) is 4.00. The molecule has 10 nitrogen and oxygen atoms in total. The van der Waals surface area contributed by atoms with Crippen LogP contribution in [0.15, 0.2) is 14.4 Å². The second-order valence-electron chi connectivity index (χ2n) is 2.30. The summed E-state index contributed by atoms with van der Waals surface area (Å²) in [4.78, 5) is -0.0147. The average Bonchev–Trinajstić information content (AvgIpc) is 2.86. The maximum absolute atomic E-state index is 11.3. The quantitative estimate of drug-likeness (QED) is 0.429. The van der Waals surface area contributed by atoms with Crippen LogP contribution in [0.5, 0.6) is 0 Å². The molecule has 0 fully saturated rings. The summed E-state index contributed by atoms with van der Waals surface area (Å²) < 4.78 is 8.39. The molecule has 0 aliphatic rings. The zero-order valence-electron chi connectivity index (χ0n) is 7.23. The van der Waals surface area contributed by atoms with E-state index < -0.39 is 0 Å². The Hall–Kier alpha value is -2.54. The molecule has 0 saturated heterocycles. The Morgan fingerprint density at radius 3 is 2.69 bits per heavy atom. The Morgan fingerprint density at radius 2 is 2.06 bits per heavy atom. The lowest BCUT2D eigenvalue weighted by Gasteiger charge is -1.96. The van der Waals surface area contributed by atoms with E-state index in [0.717, 1.165) is 0 Å². The number of azo groups is 1. The van der Waals surface area contributed by atoms with Crippen molar-refractivity contribution in [1.82, 2.24) is 20.6 Å². The van der Waals surface area contributed by atoms with Gasteiger partial charge < -0.3 is 5.21 Å². The van der Waals surface area contributed by atoms with Gasteiger partial charge in [-0.3, -0.25) is 0 Å². The Bertz CT molecular complexity index is 581. The van der Waals surface area contributed by atoms with Crippen LogP contribution in [0.25, 0.3) is 0 Å². The molecule has 2 aromatic rings. The monoisotopic (exact) mass is 241 g/mol. The summed E-state index contributed by atoms with van der Waals surface area (Å²) in [5, 5.41) is 35.7. The average molecular weight is 242 g/mol. The van der Waals surface area contributed by atoms with Crippen molar-refractivity contribution in [1.29, 1.82) is 5.26 Å². The maximum atomic E-state index is 11.3. The van der Waals surface area contributed by atoms with Crippen molar-refractivity contribution in [3.8, 4) is 6.07 Å². The lowest BCUT2D eigenvalue weighted by Crippen LogP contribution is -1.92. The van der Waals surface area contributed by atoms with E-state index >= 15 is 0 Å². The predicted octanol–water partition coefficient (Wildman–Crippen LogP) is 0.903. The van der Waals surface area contributed by atoms with Crippen LogP contribution >= 0.6 is 11.6 Å². The number of rotatable bonds is 2. The van der Waals surface area contributed by atoms with Gasteiger partial charge in [-0.15, -0.1) is 9.49 Å². The molecular formula is C5ClN7O3. The largest absolute Gasteiger partial charge is 0.690 e. The van der Waals surface area contributed by atoms with Crippen molar-refractivity contribution >= 4 is 23.2 Å². The van der Waals surface area contributed by atoms with E-state index in [0.29, 0.717) is 0 Å². The number of hydrogen-bond donors (Lipinski definition) is 0. The summed E-state index contributed by atoms with van der Waals surface area (Å²) in [6, 6.07) is 1.62. The SMILES string of the molecule is N#Cc1nonc1N=[N+]([O-])c1nonc1Cl. The molecule has 0 aliphatic heterocycles. The fourth-order valence-corrected chi connectivity index (χ4v) is 0.878. The highest BCUT2D eigenvalue weighted by atomic mass is 35.5. The summed E-state index contributed by atoms with van der Waals surface area (Å²) in [7, 11) is 0. The molecule has 0 bridgehead atoms. The van der Waals surface area contributed by atoms with Crippen molar-refractivity contribution in [2.75, 3.05) is 0 Å². The normalized spacial score (nSPS) is 11.4. The number of nitrogens with zero attached hydrogens (tertiary/aromatic N) is 7. The van der Waals surface area contributed by atoms with Gasteiger partial charge in [-0.1, -0.05) is 5.11 Å². The third-order valence-corrected chi connectivity index (χ3v) is 1.61. The fraction of sp³-hybridized carbons (Fsp3) is 0. The molecule has 0 aromatic carbocycles. The minimum Gasteiger partial charge on any atom is -0.690 e. The maximum Gasteiger partial charge on any atom is 0.437 e. The summed E-state index contributed by atoms with van der Waals surface area (Å²) in [5.41, 5.74) is -0.242. The van der Waals surface area contributed by atoms with Crippen LogP contribution in [0.3, 0.4) is 0 Å². The summed E-state index contributed by atoms with van der Waals surface area (Å²) in [6.07, 6.45) is 0. The van der Waals surface area contributed by atoms with Crippen LogP contribution in [-0.4, -0.2) is 25.5 Å². The van der Waals surface area contributed by atoms with Crippen LogP contribution in [-0.2, 0) is 0 Å². The van der Waals surface area contributed by atoms with E-state index in [9.17, 15) is 5.21 Å². The second-order valence-corrected chi connectivity index (χ2v) is 2.66. The van der Waals surface area contributed by atoms with Gasteiger partial charge in [0.2, 0.25) is 5.69 Å². The Balaban J connectivity index is 2.40. The molecule has 2 aromatic heterocycles. The Morgan fingerprint density at radius 1 is 1.31 bits per heavy atom.